The van der Waals surface area contributed by atoms with E-state index >= 15 is 0 Å². The van der Waals surface area contributed by atoms with Crippen molar-refractivity contribution in [3.63, 3.8) is 0 Å². The van der Waals surface area contributed by atoms with Gasteiger partial charge in [0.1, 0.15) is 0 Å². The lowest BCUT2D eigenvalue weighted by molar-refractivity contribution is -0.385. The lowest BCUT2D eigenvalue weighted by Gasteiger charge is -2.30. The van der Waals surface area contributed by atoms with E-state index in [4.69, 9.17) is 0 Å². The van der Waals surface area contributed by atoms with Crippen LogP contribution in [0.5, 0.6) is 0 Å². The van der Waals surface area contributed by atoms with E-state index in [1.807, 2.05) is 0 Å². The average Bonchev–Trinajstić information content (AvgIpc) is 2.58. The van der Waals surface area contributed by atoms with Gasteiger partial charge in [0, 0.05) is 32.4 Å². The molecule has 0 N–H and O–H groups in total. The summed E-state index contributed by atoms with van der Waals surface area (Å²) in [5, 5.41) is 20.8. The second kappa shape index (κ2) is 9.32. The number of nitro benzene ring substituents is 2. The monoisotopic (exact) mass is 568 g/mol. The summed E-state index contributed by atoms with van der Waals surface area (Å²) in [7, 11) is 0. The molecule has 0 fully saturated rings. The molecule has 0 aliphatic rings. The van der Waals surface area contributed by atoms with Crippen LogP contribution < -0.4 is 0 Å². The van der Waals surface area contributed by atoms with Gasteiger partial charge < -0.3 is 0 Å². The van der Waals surface area contributed by atoms with Crippen LogP contribution in [-0.4, -0.2) is 22.2 Å². The molecule has 0 heterocycles. The molecule has 0 atom stereocenters. The molecule has 0 unspecified atom stereocenters. The molecule has 0 spiro atoms. The predicted molar refractivity (Wildman–Crippen MR) is 103 cm³/mol. The highest BCUT2D eigenvalue weighted by atomic mass is 127. The van der Waals surface area contributed by atoms with Crippen LogP contribution in [-0.2, 0) is 5.67 Å². The minimum Gasteiger partial charge on any atom is -0.258 e. The Labute approximate surface area is 183 Å². The Kier molecular flexibility index (Phi) is 7.97. The van der Waals surface area contributed by atoms with Gasteiger partial charge in [0.2, 0.25) is 0 Å². The lowest BCUT2D eigenvalue weighted by Crippen LogP contribution is -2.50. The maximum absolute atomic E-state index is 13.6. The molecule has 0 aliphatic heterocycles. The number of rotatable bonds is 3. The van der Waals surface area contributed by atoms with Gasteiger partial charge in [0.25, 0.3) is 11.4 Å². The Morgan fingerprint density at radius 1 is 0.742 bits per heavy atom. The average molecular weight is 568 g/mol. The van der Waals surface area contributed by atoms with Crippen molar-refractivity contribution in [2.45, 2.75) is 31.9 Å². The Hall–Kier alpha value is -2.52. The van der Waals surface area contributed by atoms with Crippen molar-refractivity contribution in [2.24, 2.45) is 0 Å². The summed E-state index contributed by atoms with van der Waals surface area (Å²) in [6.07, 6.45) is -12.5. The topological polar surface area (TPSA) is 86.3 Å². The zero-order valence-corrected chi connectivity index (χ0v) is 17.7. The van der Waals surface area contributed by atoms with E-state index in [1.165, 1.54) is 6.07 Å². The summed E-state index contributed by atoms with van der Waals surface area (Å²) >= 11 is 2.12. The maximum atomic E-state index is 13.6. The third-order valence-electron chi connectivity index (χ3n) is 3.93. The Bertz CT molecular complexity index is 979. The molecule has 2 rings (SSSR count). The number of aryl methyl sites for hydroxylation is 2. The van der Waals surface area contributed by atoms with Crippen molar-refractivity contribution < 1.29 is 40.6 Å². The van der Waals surface area contributed by atoms with Gasteiger partial charge in [-0.3, -0.25) is 20.2 Å². The number of nitrogens with zero attached hydrogens (tertiary/aromatic N) is 2. The standard InChI is InChI=1S/C10H6F7NO2.C7H6INO2/c1-5-4-6(2-3-7(5)18(19)20)8(11,9(12,13)14)10(15,16)17;1-5-4-6(8)2-3-7(5)9(10)11/h2-4H,1H3;2-4H,1H3. The molecule has 0 amide bonds. The van der Waals surface area contributed by atoms with E-state index in [0.717, 1.165) is 10.5 Å². The summed E-state index contributed by atoms with van der Waals surface area (Å²) in [4.78, 5) is 19.4. The van der Waals surface area contributed by atoms with Crippen LogP contribution >= 0.6 is 22.6 Å². The minimum absolute atomic E-state index is 0.103. The second-order valence-corrected chi connectivity index (χ2v) is 7.35. The highest BCUT2D eigenvalue weighted by molar-refractivity contribution is 14.1. The molecule has 0 radical (unpaired) electrons. The quantitative estimate of drug-likeness (QED) is 0.179. The summed E-state index contributed by atoms with van der Waals surface area (Å²) in [6, 6.07) is 5.71. The molecule has 0 saturated heterocycles. The van der Waals surface area contributed by atoms with Crippen LogP contribution in [0.4, 0.5) is 42.1 Å². The number of alkyl halides is 7. The molecule has 0 aliphatic carbocycles. The van der Waals surface area contributed by atoms with Gasteiger partial charge in [-0.05, 0) is 60.7 Å². The fourth-order valence-corrected chi connectivity index (χ4v) is 3.03. The first-order valence-electron chi connectivity index (χ1n) is 7.92. The summed E-state index contributed by atoms with van der Waals surface area (Å²) in [6.45, 7) is 2.65. The number of hydrogen-bond acceptors (Lipinski definition) is 4. The van der Waals surface area contributed by atoms with Gasteiger partial charge in [-0.1, -0.05) is 0 Å². The molecule has 0 bridgehead atoms. The first-order valence-corrected chi connectivity index (χ1v) is 8.99. The first-order chi connectivity index (χ1) is 13.9. The van der Waals surface area contributed by atoms with Crippen LogP contribution in [0.1, 0.15) is 16.7 Å². The smallest absolute Gasteiger partial charge is 0.258 e. The fourth-order valence-electron chi connectivity index (χ4n) is 2.39. The van der Waals surface area contributed by atoms with E-state index in [1.54, 1.807) is 19.1 Å². The maximum Gasteiger partial charge on any atom is 0.435 e. The Balaban J connectivity index is 0.000000367. The molecule has 14 heteroatoms. The Morgan fingerprint density at radius 2 is 1.13 bits per heavy atom. The summed E-state index contributed by atoms with van der Waals surface area (Å²) in [5.41, 5.74) is -7.66. The van der Waals surface area contributed by atoms with Gasteiger partial charge >= 0.3 is 18.0 Å². The SMILES string of the molecule is Cc1cc(C(F)(C(F)(F)F)C(F)(F)F)ccc1[N+](=O)[O-].Cc1cc(I)ccc1[N+](=O)[O-]. The van der Waals surface area contributed by atoms with Crippen molar-refractivity contribution in [3.05, 3.63) is 76.9 Å². The van der Waals surface area contributed by atoms with Crippen molar-refractivity contribution in [1.82, 2.24) is 0 Å². The molecule has 0 aromatic heterocycles. The molecule has 6 nitrogen and oxygen atoms in total. The molecule has 0 saturated carbocycles. The number of nitro groups is 2. The lowest BCUT2D eigenvalue weighted by atomic mass is 9.92. The van der Waals surface area contributed by atoms with E-state index < -0.39 is 39.8 Å². The largest absolute Gasteiger partial charge is 0.435 e. The van der Waals surface area contributed by atoms with Crippen LogP contribution in [0.2, 0.25) is 0 Å². The highest BCUT2D eigenvalue weighted by Crippen LogP contribution is 2.53. The van der Waals surface area contributed by atoms with Crippen LogP contribution in [0, 0.1) is 37.6 Å². The number of halogens is 8. The third kappa shape index (κ3) is 5.80. The molecule has 170 valence electrons. The predicted octanol–water partition coefficient (Wildman–Crippen LogP) is 6.70. The van der Waals surface area contributed by atoms with Crippen molar-refractivity contribution in [1.29, 1.82) is 0 Å². The molecule has 2 aromatic carbocycles. The number of hydrogen-bond donors (Lipinski definition) is 0. The normalized spacial score (nSPS) is 12.1. The Morgan fingerprint density at radius 3 is 1.45 bits per heavy atom. The van der Waals surface area contributed by atoms with Crippen LogP contribution in [0.15, 0.2) is 36.4 Å². The zero-order valence-electron chi connectivity index (χ0n) is 15.5. The van der Waals surface area contributed by atoms with Crippen LogP contribution in [0.3, 0.4) is 0 Å². The van der Waals surface area contributed by atoms with Gasteiger partial charge in [-0.15, -0.1) is 0 Å². The van der Waals surface area contributed by atoms with Gasteiger partial charge in [0.15, 0.2) is 0 Å². The summed E-state index contributed by atoms with van der Waals surface area (Å²) < 4.78 is 89.3. The molecule has 2 aromatic rings. The second-order valence-electron chi connectivity index (χ2n) is 6.10. The highest BCUT2D eigenvalue weighted by Gasteiger charge is 2.73. The number of benzene rings is 2. The molecular weight excluding hydrogens is 556 g/mol. The van der Waals surface area contributed by atoms with Crippen molar-refractivity contribution in [2.75, 3.05) is 0 Å². The van der Waals surface area contributed by atoms with E-state index in [0.29, 0.717) is 11.6 Å². The zero-order chi connectivity index (χ0) is 24.4. The summed E-state index contributed by atoms with van der Waals surface area (Å²) in [5.74, 6) is 0. The fraction of sp³-hybridized carbons (Fsp3) is 0.294. The molecular formula is C17H12F7IN2O4. The van der Waals surface area contributed by atoms with E-state index in [2.05, 4.69) is 22.6 Å². The molecule has 31 heavy (non-hydrogen) atoms. The van der Waals surface area contributed by atoms with Gasteiger partial charge in [0.05, 0.1) is 9.85 Å². The van der Waals surface area contributed by atoms with E-state index in [-0.39, 0.29) is 22.7 Å². The van der Waals surface area contributed by atoms with Gasteiger partial charge in [-0.25, -0.2) is 4.39 Å². The minimum atomic E-state index is -6.24. The van der Waals surface area contributed by atoms with E-state index in [9.17, 15) is 51.0 Å². The third-order valence-corrected chi connectivity index (χ3v) is 4.60. The van der Waals surface area contributed by atoms with Gasteiger partial charge in [-0.2, -0.15) is 26.3 Å². The first kappa shape index (κ1) is 26.5. The van der Waals surface area contributed by atoms with Crippen molar-refractivity contribution in [3.8, 4) is 0 Å². The van der Waals surface area contributed by atoms with Crippen molar-refractivity contribution >= 4 is 34.0 Å². The van der Waals surface area contributed by atoms with Crippen LogP contribution in [0.25, 0.3) is 0 Å².